The highest BCUT2D eigenvalue weighted by atomic mass is 32.2. The van der Waals surface area contributed by atoms with Crippen LogP contribution in [0.2, 0.25) is 0 Å². The predicted octanol–water partition coefficient (Wildman–Crippen LogP) is 2.81. The summed E-state index contributed by atoms with van der Waals surface area (Å²) in [4.78, 5) is 70.1. The number of ether oxygens (including phenoxy) is 2. The molecule has 0 bridgehead atoms. The van der Waals surface area contributed by atoms with Gasteiger partial charge in [-0.2, -0.15) is 13.2 Å². The third-order valence-corrected chi connectivity index (χ3v) is 12.0. The van der Waals surface area contributed by atoms with Gasteiger partial charge in [-0.1, -0.05) is 49.3 Å². The lowest BCUT2D eigenvalue weighted by molar-refractivity contribution is -0.160. The Kier molecular flexibility index (Phi) is 10.8. The fraction of sp³-hybridized carbons (Fsp3) is 0.618. The number of rotatable bonds is 6. The third kappa shape index (κ3) is 8.81. The van der Waals surface area contributed by atoms with Gasteiger partial charge in [0.2, 0.25) is 21.8 Å². The van der Waals surface area contributed by atoms with E-state index < -0.39 is 87.6 Å². The highest BCUT2D eigenvalue weighted by molar-refractivity contribution is 7.91. The lowest BCUT2D eigenvalue weighted by Gasteiger charge is -2.30. The van der Waals surface area contributed by atoms with Crippen LogP contribution < -0.4 is 15.4 Å². The van der Waals surface area contributed by atoms with Crippen LogP contribution >= 0.6 is 0 Å². The van der Waals surface area contributed by atoms with Crippen LogP contribution in [0.3, 0.4) is 0 Å². The monoisotopic (exact) mass is 753 g/mol. The van der Waals surface area contributed by atoms with Gasteiger partial charge < -0.3 is 29.9 Å². The minimum absolute atomic E-state index is 0.0140. The molecule has 2 aliphatic carbocycles. The Hall–Kier alpha value is -4.35. The van der Waals surface area contributed by atoms with Gasteiger partial charge in [0.15, 0.2) is 6.61 Å². The molecule has 1 saturated heterocycles. The Bertz CT molecular complexity index is 1720. The highest BCUT2D eigenvalue weighted by Gasteiger charge is 2.62. The molecule has 5 atom stereocenters. The maximum atomic E-state index is 14.1. The standard InChI is InChI=1S/C34H42F3N5O9S/c35-34(36,37)20-50-31(46)38-26-11-5-3-1-2-4-10-23-17-33(23,30(45)40-52(48,49)25-12-13-25)39-28(43)27-16-24(19-42(27)29(26)44)51-32(47)41-15-14-21-8-6-7-9-22(21)18-41/h4,6-10,23-27H,1-3,5,11-20H2,(H,38,46)(H,39,43)(H,40,45)/t23-,24-,26+,27+,33-/m1/s1. The van der Waals surface area contributed by atoms with Gasteiger partial charge in [0.25, 0.3) is 5.91 Å². The largest absolute Gasteiger partial charge is 0.444 e. The summed E-state index contributed by atoms with van der Waals surface area (Å²) < 4.78 is 76.0. The van der Waals surface area contributed by atoms with Crippen molar-refractivity contribution in [3.63, 3.8) is 0 Å². The van der Waals surface area contributed by atoms with E-state index in [0.29, 0.717) is 51.5 Å². The van der Waals surface area contributed by atoms with E-state index in [0.717, 1.165) is 16.0 Å². The average Bonchev–Trinajstić information content (AvgIpc) is 4.02. The van der Waals surface area contributed by atoms with Gasteiger partial charge in [-0.15, -0.1) is 0 Å². The number of nitrogens with one attached hydrogen (secondary N) is 3. The van der Waals surface area contributed by atoms with Gasteiger partial charge in [0, 0.05) is 25.4 Å². The number of allylic oxidation sites excluding steroid dienone is 1. The Labute approximate surface area is 298 Å². The predicted molar refractivity (Wildman–Crippen MR) is 177 cm³/mol. The number of benzene rings is 1. The summed E-state index contributed by atoms with van der Waals surface area (Å²) in [5.41, 5.74) is 0.425. The van der Waals surface area contributed by atoms with Crippen molar-refractivity contribution in [2.24, 2.45) is 5.92 Å². The first-order valence-electron chi connectivity index (χ1n) is 17.5. The fourth-order valence-corrected chi connectivity index (χ4v) is 8.41. The van der Waals surface area contributed by atoms with Crippen molar-refractivity contribution in [3.05, 3.63) is 47.5 Å². The Morgan fingerprint density at radius 1 is 1.04 bits per heavy atom. The number of alkyl halides is 3. The molecule has 14 nitrogen and oxygen atoms in total. The summed E-state index contributed by atoms with van der Waals surface area (Å²) in [6, 6.07) is 4.91. The smallest absolute Gasteiger partial charge is 0.422 e. The van der Waals surface area contributed by atoms with Gasteiger partial charge in [-0.05, 0) is 56.1 Å². The lowest BCUT2D eigenvalue weighted by atomic mass is 10.0. The van der Waals surface area contributed by atoms with Crippen LogP contribution in [0.4, 0.5) is 22.8 Å². The number of hydrogen-bond donors (Lipinski definition) is 3. The molecule has 3 heterocycles. The highest BCUT2D eigenvalue weighted by Crippen LogP contribution is 2.46. The van der Waals surface area contributed by atoms with Crippen LogP contribution in [0.15, 0.2) is 36.4 Å². The number of hydrogen-bond acceptors (Lipinski definition) is 9. The summed E-state index contributed by atoms with van der Waals surface area (Å²) in [5, 5.41) is 4.22. The first-order chi connectivity index (χ1) is 24.6. The quantitative estimate of drug-likeness (QED) is 0.369. The van der Waals surface area contributed by atoms with Crippen molar-refractivity contribution >= 4 is 39.9 Å². The second kappa shape index (κ2) is 14.9. The van der Waals surface area contributed by atoms with Crippen LogP contribution in [0.1, 0.15) is 68.9 Å². The maximum Gasteiger partial charge on any atom is 0.422 e. The number of alkyl carbamates (subject to hydrolysis) is 1. The first kappa shape index (κ1) is 37.4. The molecule has 0 aromatic heterocycles. The number of halogens is 3. The molecule has 52 heavy (non-hydrogen) atoms. The number of fused-ring (bicyclic) bond motifs is 3. The molecule has 0 radical (unpaired) electrons. The van der Waals surface area contributed by atoms with Crippen molar-refractivity contribution < 1.29 is 55.0 Å². The minimum atomic E-state index is -4.80. The molecule has 3 aliphatic heterocycles. The van der Waals surface area contributed by atoms with Crippen LogP contribution in [0, 0.1) is 5.92 Å². The number of nitrogens with zero attached hydrogens (tertiary/aromatic N) is 2. The van der Waals surface area contributed by atoms with Crippen LogP contribution in [0.5, 0.6) is 0 Å². The molecule has 3 N–H and O–H groups in total. The molecule has 5 aliphatic rings. The van der Waals surface area contributed by atoms with Gasteiger partial charge in [-0.3, -0.25) is 19.1 Å². The van der Waals surface area contributed by atoms with E-state index in [1.54, 1.807) is 6.08 Å². The Morgan fingerprint density at radius 3 is 2.52 bits per heavy atom. The van der Waals surface area contributed by atoms with E-state index in [2.05, 4.69) is 20.1 Å². The maximum absolute atomic E-state index is 14.1. The van der Waals surface area contributed by atoms with Crippen LogP contribution in [-0.4, -0.2) is 103 Å². The van der Waals surface area contributed by atoms with Crippen molar-refractivity contribution in [3.8, 4) is 0 Å². The van der Waals surface area contributed by atoms with Crippen molar-refractivity contribution in [2.45, 2.75) is 106 Å². The van der Waals surface area contributed by atoms with Gasteiger partial charge in [0.05, 0.1) is 11.8 Å². The SMILES string of the molecule is O=C(N[C@H]1CCCCCC=C[C@@H]2C[C@@]2(C(=O)NS(=O)(=O)C2CC2)NC(=O)[C@@H]2C[C@@H](OC(=O)N3CCc4ccccc4C3)CN2C1=O)OCC(F)(F)F. The molecule has 284 valence electrons. The first-order valence-corrected chi connectivity index (χ1v) is 19.1. The van der Waals surface area contributed by atoms with Gasteiger partial charge >= 0.3 is 18.4 Å². The molecular weight excluding hydrogens is 711 g/mol. The Balaban J connectivity index is 1.24. The number of carbonyl (C=O) groups excluding carboxylic acids is 5. The second-order valence-electron chi connectivity index (χ2n) is 14.1. The summed E-state index contributed by atoms with van der Waals surface area (Å²) in [6.45, 7) is -1.50. The summed E-state index contributed by atoms with van der Waals surface area (Å²) in [6.07, 6.45) is -0.879. The van der Waals surface area contributed by atoms with Crippen molar-refractivity contribution in [1.82, 2.24) is 25.2 Å². The fourth-order valence-electron chi connectivity index (χ4n) is 7.05. The molecule has 5 amide bonds. The normalized spacial score (nSPS) is 28.2. The average molecular weight is 754 g/mol. The van der Waals surface area contributed by atoms with Crippen LogP contribution in [-0.2, 0) is 46.8 Å². The van der Waals surface area contributed by atoms with E-state index in [1.165, 1.54) is 4.90 Å². The zero-order valence-corrected chi connectivity index (χ0v) is 29.2. The molecule has 1 aromatic rings. The zero-order valence-electron chi connectivity index (χ0n) is 28.4. The van der Waals surface area contributed by atoms with E-state index in [9.17, 15) is 45.6 Å². The second-order valence-corrected chi connectivity index (χ2v) is 16.1. The third-order valence-electron chi connectivity index (χ3n) is 10.2. The van der Waals surface area contributed by atoms with Gasteiger partial charge in [0.1, 0.15) is 23.7 Å². The van der Waals surface area contributed by atoms with Crippen LogP contribution in [0.25, 0.3) is 0 Å². The number of carbonyl (C=O) groups is 5. The number of sulfonamides is 1. The van der Waals surface area contributed by atoms with E-state index in [4.69, 9.17) is 4.74 Å². The summed E-state index contributed by atoms with van der Waals surface area (Å²) in [5.74, 6) is -3.07. The number of amides is 5. The van der Waals surface area contributed by atoms with E-state index in [1.807, 2.05) is 30.3 Å². The topological polar surface area (TPSA) is 181 Å². The molecule has 18 heteroatoms. The zero-order chi connectivity index (χ0) is 37.3. The molecular formula is C34H42F3N5O9S. The van der Waals surface area contributed by atoms with Gasteiger partial charge in [-0.25, -0.2) is 18.0 Å². The van der Waals surface area contributed by atoms with Crippen molar-refractivity contribution in [1.29, 1.82) is 0 Å². The molecule has 3 fully saturated rings. The molecule has 6 rings (SSSR count). The minimum Gasteiger partial charge on any atom is -0.444 e. The van der Waals surface area contributed by atoms with E-state index >= 15 is 0 Å². The van der Waals surface area contributed by atoms with Crippen molar-refractivity contribution in [2.75, 3.05) is 19.7 Å². The molecule has 2 saturated carbocycles. The summed E-state index contributed by atoms with van der Waals surface area (Å²) >= 11 is 0. The van der Waals surface area contributed by atoms with E-state index in [-0.39, 0.29) is 32.4 Å². The molecule has 0 spiro atoms. The molecule has 0 unspecified atom stereocenters. The summed E-state index contributed by atoms with van der Waals surface area (Å²) in [7, 11) is -3.97. The Morgan fingerprint density at radius 2 is 1.79 bits per heavy atom. The lowest BCUT2D eigenvalue weighted by Crippen LogP contribution is -2.58. The molecule has 1 aromatic carbocycles.